The topological polar surface area (TPSA) is 119 Å². The van der Waals surface area contributed by atoms with Crippen molar-refractivity contribution in [2.75, 3.05) is 13.2 Å². The number of hydrogen-bond acceptors (Lipinski definition) is 6. The molecule has 110 valence electrons. The number of carbonyl (C=O) groups excluding carboxylic acids is 1. The fourth-order valence-electron chi connectivity index (χ4n) is 2.16. The van der Waals surface area contributed by atoms with Gasteiger partial charge in [-0.3, -0.25) is 4.79 Å². The standard InChI is InChI=1S/C12H13N5O4/c1-7-2-4-13-11-14-8(16-17(7)11)9(18)15-12(10(19)20)3-5-21-6-12/h2,4H,3,5-6H2,1H3,(H,15,18)(H,19,20). The summed E-state index contributed by atoms with van der Waals surface area (Å²) in [7, 11) is 0. The van der Waals surface area contributed by atoms with Crippen LogP contribution in [0.15, 0.2) is 12.3 Å². The number of ether oxygens (including phenoxy) is 1. The van der Waals surface area contributed by atoms with Crippen LogP contribution in [0.1, 0.15) is 22.7 Å². The summed E-state index contributed by atoms with van der Waals surface area (Å²) in [4.78, 5) is 31.6. The molecule has 1 amide bonds. The molecule has 1 aliphatic rings. The van der Waals surface area contributed by atoms with E-state index in [0.29, 0.717) is 0 Å². The summed E-state index contributed by atoms with van der Waals surface area (Å²) in [5.41, 5.74) is -0.652. The molecule has 2 aromatic heterocycles. The Labute approximate surface area is 119 Å². The zero-order valence-corrected chi connectivity index (χ0v) is 11.2. The summed E-state index contributed by atoms with van der Waals surface area (Å²) < 4.78 is 6.51. The van der Waals surface area contributed by atoms with Gasteiger partial charge < -0.3 is 15.2 Å². The van der Waals surface area contributed by atoms with E-state index in [1.54, 1.807) is 19.2 Å². The normalized spacial score (nSPS) is 21.6. The average molecular weight is 291 g/mol. The number of aryl methyl sites for hydroxylation is 1. The molecular formula is C12H13N5O4. The SMILES string of the molecule is Cc1ccnc2nc(C(=O)NC3(C(=O)O)CCOC3)nn12. The second-order valence-electron chi connectivity index (χ2n) is 4.88. The van der Waals surface area contributed by atoms with Gasteiger partial charge in [-0.15, -0.1) is 5.10 Å². The molecule has 0 bridgehead atoms. The Bertz CT molecular complexity index is 720. The van der Waals surface area contributed by atoms with Crippen LogP contribution in [-0.4, -0.2) is 55.3 Å². The van der Waals surface area contributed by atoms with Gasteiger partial charge in [-0.2, -0.15) is 4.98 Å². The maximum atomic E-state index is 12.2. The minimum absolute atomic E-state index is 0.0707. The van der Waals surface area contributed by atoms with E-state index in [2.05, 4.69) is 20.4 Å². The second kappa shape index (κ2) is 4.77. The van der Waals surface area contributed by atoms with Crippen molar-refractivity contribution in [1.82, 2.24) is 24.9 Å². The van der Waals surface area contributed by atoms with Crippen LogP contribution in [0.4, 0.5) is 0 Å². The summed E-state index contributed by atoms with van der Waals surface area (Å²) in [6.45, 7) is 2.01. The maximum absolute atomic E-state index is 12.2. The van der Waals surface area contributed by atoms with Gasteiger partial charge in [0, 0.05) is 24.9 Å². The van der Waals surface area contributed by atoms with E-state index < -0.39 is 17.4 Å². The molecule has 21 heavy (non-hydrogen) atoms. The number of carboxylic acids is 1. The molecule has 0 aliphatic carbocycles. The fourth-order valence-corrected chi connectivity index (χ4v) is 2.16. The fraction of sp³-hybridized carbons (Fsp3) is 0.417. The van der Waals surface area contributed by atoms with E-state index in [4.69, 9.17) is 4.74 Å². The molecular weight excluding hydrogens is 278 g/mol. The molecule has 0 spiro atoms. The van der Waals surface area contributed by atoms with Gasteiger partial charge in [-0.25, -0.2) is 14.3 Å². The zero-order chi connectivity index (χ0) is 15.0. The molecule has 0 aromatic carbocycles. The number of fused-ring (bicyclic) bond motifs is 1. The summed E-state index contributed by atoms with van der Waals surface area (Å²) in [5, 5.41) is 15.8. The van der Waals surface area contributed by atoms with E-state index in [9.17, 15) is 14.7 Å². The number of hydrogen-bond donors (Lipinski definition) is 2. The molecule has 9 heteroatoms. The molecule has 2 aromatic rings. The third-order valence-electron chi connectivity index (χ3n) is 3.42. The Kier molecular flexibility index (Phi) is 3.05. The summed E-state index contributed by atoms with van der Waals surface area (Å²) >= 11 is 0. The molecule has 1 aliphatic heterocycles. The van der Waals surface area contributed by atoms with Crippen LogP contribution in [0.25, 0.3) is 5.78 Å². The van der Waals surface area contributed by atoms with Crippen molar-refractivity contribution in [3.8, 4) is 0 Å². The number of rotatable bonds is 3. The van der Waals surface area contributed by atoms with Crippen molar-refractivity contribution < 1.29 is 19.4 Å². The van der Waals surface area contributed by atoms with Crippen LogP contribution < -0.4 is 5.32 Å². The van der Waals surface area contributed by atoms with Gasteiger partial charge in [0.05, 0.1) is 6.61 Å². The average Bonchev–Trinajstić information content (AvgIpc) is 3.06. The minimum Gasteiger partial charge on any atom is -0.479 e. The lowest BCUT2D eigenvalue weighted by atomic mass is 9.99. The lowest BCUT2D eigenvalue weighted by molar-refractivity contribution is -0.144. The Morgan fingerprint density at radius 2 is 2.33 bits per heavy atom. The monoisotopic (exact) mass is 291 g/mol. The lowest BCUT2D eigenvalue weighted by Crippen LogP contribution is -2.55. The summed E-state index contributed by atoms with van der Waals surface area (Å²) in [6.07, 6.45) is 1.77. The van der Waals surface area contributed by atoms with Crippen molar-refractivity contribution in [2.45, 2.75) is 18.9 Å². The maximum Gasteiger partial charge on any atom is 0.331 e. The predicted octanol–water partition coefficient (Wildman–Crippen LogP) is -0.594. The van der Waals surface area contributed by atoms with Crippen LogP contribution in [0.2, 0.25) is 0 Å². The Hall–Kier alpha value is -2.55. The number of nitrogens with zero attached hydrogens (tertiary/aromatic N) is 4. The van der Waals surface area contributed by atoms with Gasteiger partial charge in [-0.1, -0.05) is 0 Å². The van der Waals surface area contributed by atoms with E-state index in [0.717, 1.165) is 5.69 Å². The smallest absolute Gasteiger partial charge is 0.331 e. The molecule has 1 unspecified atom stereocenters. The van der Waals surface area contributed by atoms with Gasteiger partial charge in [0.2, 0.25) is 5.82 Å². The number of aliphatic carboxylic acids is 1. The molecule has 1 atom stereocenters. The number of carboxylic acid groups (broad SMARTS) is 1. The Morgan fingerprint density at radius 3 is 2.95 bits per heavy atom. The third kappa shape index (κ3) is 2.21. The van der Waals surface area contributed by atoms with Crippen molar-refractivity contribution in [3.63, 3.8) is 0 Å². The minimum atomic E-state index is -1.42. The first-order chi connectivity index (χ1) is 10.0. The highest BCUT2D eigenvalue weighted by molar-refractivity contribution is 5.95. The number of carbonyl (C=O) groups is 2. The highest BCUT2D eigenvalue weighted by Crippen LogP contribution is 2.19. The first-order valence-corrected chi connectivity index (χ1v) is 6.34. The number of nitrogens with one attached hydrogen (secondary N) is 1. The van der Waals surface area contributed by atoms with Gasteiger partial charge in [0.1, 0.15) is 0 Å². The summed E-state index contributed by atoms with van der Waals surface area (Å²) in [5.74, 6) is -1.63. The van der Waals surface area contributed by atoms with Gasteiger partial charge in [-0.05, 0) is 13.0 Å². The van der Waals surface area contributed by atoms with E-state index in [1.165, 1.54) is 4.52 Å². The zero-order valence-electron chi connectivity index (χ0n) is 11.2. The van der Waals surface area contributed by atoms with Crippen LogP contribution in [0.3, 0.4) is 0 Å². The van der Waals surface area contributed by atoms with Crippen molar-refractivity contribution in [2.24, 2.45) is 0 Å². The Morgan fingerprint density at radius 1 is 1.52 bits per heavy atom. The first kappa shape index (κ1) is 13.4. The molecule has 3 rings (SSSR count). The van der Waals surface area contributed by atoms with Crippen LogP contribution in [0, 0.1) is 6.92 Å². The Balaban J connectivity index is 1.90. The molecule has 3 heterocycles. The molecule has 1 fully saturated rings. The first-order valence-electron chi connectivity index (χ1n) is 6.34. The summed E-state index contributed by atoms with van der Waals surface area (Å²) in [6, 6.07) is 1.73. The van der Waals surface area contributed by atoms with Gasteiger partial charge >= 0.3 is 5.97 Å². The van der Waals surface area contributed by atoms with Gasteiger partial charge in [0.15, 0.2) is 5.54 Å². The van der Waals surface area contributed by atoms with E-state index in [-0.39, 0.29) is 31.2 Å². The largest absolute Gasteiger partial charge is 0.479 e. The van der Waals surface area contributed by atoms with Gasteiger partial charge in [0.25, 0.3) is 11.7 Å². The highest BCUT2D eigenvalue weighted by Gasteiger charge is 2.44. The van der Waals surface area contributed by atoms with Crippen LogP contribution >= 0.6 is 0 Å². The molecule has 0 saturated carbocycles. The quantitative estimate of drug-likeness (QED) is 0.775. The molecule has 0 radical (unpaired) electrons. The predicted molar refractivity (Wildman–Crippen MR) is 68.8 cm³/mol. The second-order valence-corrected chi connectivity index (χ2v) is 4.88. The van der Waals surface area contributed by atoms with Crippen molar-refractivity contribution >= 4 is 17.7 Å². The molecule has 1 saturated heterocycles. The molecule has 9 nitrogen and oxygen atoms in total. The molecule has 2 N–H and O–H groups in total. The highest BCUT2D eigenvalue weighted by atomic mass is 16.5. The number of amides is 1. The van der Waals surface area contributed by atoms with Crippen molar-refractivity contribution in [3.05, 3.63) is 23.8 Å². The third-order valence-corrected chi connectivity index (χ3v) is 3.42. The van der Waals surface area contributed by atoms with Crippen molar-refractivity contribution in [1.29, 1.82) is 0 Å². The van der Waals surface area contributed by atoms with Crippen LogP contribution in [0.5, 0.6) is 0 Å². The lowest BCUT2D eigenvalue weighted by Gasteiger charge is -2.22. The van der Waals surface area contributed by atoms with Crippen LogP contribution in [-0.2, 0) is 9.53 Å². The number of aromatic nitrogens is 4. The van der Waals surface area contributed by atoms with E-state index in [1.807, 2.05) is 0 Å². The van der Waals surface area contributed by atoms with E-state index >= 15 is 0 Å².